The molecule has 0 saturated heterocycles. The quantitative estimate of drug-likeness (QED) is 0.237. The summed E-state index contributed by atoms with van der Waals surface area (Å²) < 4.78 is 4.86. The van der Waals surface area contributed by atoms with E-state index >= 15 is 0 Å². The molecule has 0 aromatic carbocycles. The van der Waals surface area contributed by atoms with Crippen LogP contribution in [0.25, 0.3) is 0 Å². The molecule has 0 aliphatic rings. The Hall–Kier alpha value is -1.38. The number of nitrogens with zero attached hydrogens (tertiary/aromatic N) is 2. The number of hydrogen-bond donors (Lipinski definition) is 2. The lowest BCUT2D eigenvalue weighted by Crippen LogP contribution is -2.37. The maximum Gasteiger partial charge on any atom is 0.305 e. The molecule has 1 rings (SSSR count). The van der Waals surface area contributed by atoms with E-state index in [0.29, 0.717) is 38.5 Å². The molecule has 7 heteroatoms. The average Bonchev–Trinajstić information content (AvgIpc) is 2.48. The van der Waals surface area contributed by atoms with Crippen molar-refractivity contribution in [1.29, 1.82) is 0 Å². The van der Waals surface area contributed by atoms with Crippen LogP contribution in [0, 0.1) is 0 Å². The van der Waals surface area contributed by atoms with Gasteiger partial charge in [-0.2, -0.15) is 0 Å². The number of aromatic nitrogens is 1. The minimum Gasteiger partial charge on any atom is -0.466 e. The summed E-state index contributed by atoms with van der Waals surface area (Å²) in [5.74, 6) is 0.533. The van der Waals surface area contributed by atoms with E-state index < -0.39 is 0 Å². The first-order valence-electron chi connectivity index (χ1n) is 6.76. The number of guanidine groups is 1. The first kappa shape index (κ1) is 19.6. The Bertz CT molecular complexity index is 426. The zero-order valence-corrected chi connectivity index (χ0v) is 14.8. The van der Waals surface area contributed by atoms with Gasteiger partial charge in [0.1, 0.15) is 0 Å². The number of nitrogens with one attached hydrogen (secondary N) is 2. The first-order chi connectivity index (χ1) is 9.76. The van der Waals surface area contributed by atoms with E-state index in [1.54, 1.807) is 20.2 Å². The third-order valence-corrected chi connectivity index (χ3v) is 2.54. The molecule has 0 aliphatic carbocycles. The fourth-order valence-corrected chi connectivity index (χ4v) is 1.57. The molecule has 1 heterocycles. The number of esters is 1. The van der Waals surface area contributed by atoms with E-state index in [4.69, 9.17) is 4.74 Å². The lowest BCUT2D eigenvalue weighted by molar-refractivity contribution is -0.143. The maximum absolute atomic E-state index is 11.2. The Morgan fingerprint density at radius 1 is 1.38 bits per heavy atom. The van der Waals surface area contributed by atoms with Gasteiger partial charge in [0.05, 0.1) is 18.8 Å². The molecule has 21 heavy (non-hydrogen) atoms. The second kappa shape index (κ2) is 12.4. The summed E-state index contributed by atoms with van der Waals surface area (Å²) in [4.78, 5) is 19.5. The Morgan fingerprint density at radius 2 is 2.19 bits per heavy atom. The fraction of sp³-hybridized carbons (Fsp3) is 0.500. The van der Waals surface area contributed by atoms with Crippen molar-refractivity contribution in [3.05, 3.63) is 30.1 Å². The van der Waals surface area contributed by atoms with E-state index in [2.05, 4.69) is 20.6 Å². The molecular formula is C14H23IN4O2. The summed E-state index contributed by atoms with van der Waals surface area (Å²) in [5.41, 5.74) is 0.946. The highest BCUT2D eigenvalue weighted by atomic mass is 127. The van der Waals surface area contributed by atoms with E-state index in [1.807, 2.05) is 18.2 Å². The standard InChI is InChI=1S/C14H22N4O2.HI/c1-3-20-13(19)8-6-10-17-14(15-2)18-11-12-7-4-5-9-16-12;/h4-5,7,9H,3,6,8,10-11H2,1-2H3,(H2,15,17,18);1H. The Kier molecular flexibility index (Phi) is 11.6. The van der Waals surface area contributed by atoms with Gasteiger partial charge in [0.25, 0.3) is 0 Å². The van der Waals surface area contributed by atoms with E-state index in [9.17, 15) is 4.79 Å². The highest BCUT2D eigenvalue weighted by molar-refractivity contribution is 14.0. The van der Waals surface area contributed by atoms with Crippen molar-refractivity contribution in [1.82, 2.24) is 15.6 Å². The highest BCUT2D eigenvalue weighted by Crippen LogP contribution is 1.93. The van der Waals surface area contributed by atoms with Crippen molar-refractivity contribution < 1.29 is 9.53 Å². The topological polar surface area (TPSA) is 75.6 Å². The minimum atomic E-state index is -0.161. The molecule has 0 atom stereocenters. The van der Waals surface area contributed by atoms with Crippen LogP contribution in [0.5, 0.6) is 0 Å². The molecule has 0 amide bonds. The average molecular weight is 406 g/mol. The van der Waals surface area contributed by atoms with Crippen molar-refractivity contribution in [3.8, 4) is 0 Å². The summed E-state index contributed by atoms with van der Waals surface area (Å²) in [6.45, 7) is 3.51. The smallest absolute Gasteiger partial charge is 0.305 e. The van der Waals surface area contributed by atoms with Gasteiger partial charge in [-0.25, -0.2) is 0 Å². The minimum absolute atomic E-state index is 0. The van der Waals surface area contributed by atoms with Crippen LogP contribution in [0.15, 0.2) is 29.4 Å². The number of ether oxygens (including phenoxy) is 1. The Labute approximate surface area is 142 Å². The first-order valence-corrected chi connectivity index (χ1v) is 6.76. The highest BCUT2D eigenvalue weighted by Gasteiger charge is 2.02. The van der Waals surface area contributed by atoms with Crippen molar-refractivity contribution >= 4 is 35.9 Å². The molecule has 2 N–H and O–H groups in total. The van der Waals surface area contributed by atoms with Crippen LogP contribution in [0.4, 0.5) is 0 Å². The lowest BCUT2D eigenvalue weighted by atomic mass is 10.3. The molecule has 0 bridgehead atoms. The molecule has 1 aromatic rings. The predicted molar refractivity (Wildman–Crippen MR) is 93.7 cm³/mol. The van der Waals surface area contributed by atoms with Gasteiger partial charge in [0.15, 0.2) is 5.96 Å². The van der Waals surface area contributed by atoms with Gasteiger partial charge in [0.2, 0.25) is 0 Å². The van der Waals surface area contributed by atoms with Gasteiger partial charge in [-0.3, -0.25) is 14.8 Å². The van der Waals surface area contributed by atoms with Gasteiger partial charge in [-0.1, -0.05) is 6.07 Å². The number of halogens is 1. The molecule has 1 aromatic heterocycles. The third kappa shape index (κ3) is 9.22. The van der Waals surface area contributed by atoms with Crippen LogP contribution in [-0.4, -0.2) is 37.1 Å². The predicted octanol–water partition coefficient (Wildman–Crippen LogP) is 1.71. The van der Waals surface area contributed by atoms with Crippen molar-refractivity contribution in [2.45, 2.75) is 26.3 Å². The molecule has 118 valence electrons. The normalized spacial score (nSPS) is 10.5. The summed E-state index contributed by atoms with van der Waals surface area (Å²) in [6.07, 6.45) is 2.88. The number of aliphatic imine (C=N–C) groups is 1. The molecule has 0 spiro atoms. The van der Waals surface area contributed by atoms with Crippen molar-refractivity contribution in [2.75, 3.05) is 20.2 Å². The number of hydrogen-bond acceptors (Lipinski definition) is 4. The van der Waals surface area contributed by atoms with E-state index in [1.165, 1.54) is 0 Å². The molecule has 6 nitrogen and oxygen atoms in total. The van der Waals surface area contributed by atoms with Crippen LogP contribution in [0.2, 0.25) is 0 Å². The van der Waals surface area contributed by atoms with Crippen molar-refractivity contribution in [2.24, 2.45) is 4.99 Å². The van der Waals surface area contributed by atoms with Crippen LogP contribution in [0.3, 0.4) is 0 Å². The van der Waals surface area contributed by atoms with Crippen LogP contribution in [-0.2, 0) is 16.1 Å². The van der Waals surface area contributed by atoms with Crippen LogP contribution >= 0.6 is 24.0 Å². The SMILES string of the molecule is CCOC(=O)CCCNC(=NC)NCc1ccccn1.I. The summed E-state index contributed by atoms with van der Waals surface area (Å²) in [5, 5.41) is 6.30. The zero-order valence-electron chi connectivity index (χ0n) is 12.5. The molecule has 0 unspecified atom stereocenters. The zero-order chi connectivity index (χ0) is 14.6. The molecule has 0 saturated carbocycles. The number of carbonyl (C=O) groups is 1. The molecule has 0 aliphatic heterocycles. The number of pyridine rings is 1. The largest absolute Gasteiger partial charge is 0.466 e. The van der Waals surface area contributed by atoms with Gasteiger partial charge in [-0.15, -0.1) is 24.0 Å². The lowest BCUT2D eigenvalue weighted by Gasteiger charge is -2.11. The van der Waals surface area contributed by atoms with Gasteiger partial charge < -0.3 is 15.4 Å². The molecular weight excluding hydrogens is 383 g/mol. The van der Waals surface area contributed by atoms with Gasteiger partial charge >= 0.3 is 5.97 Å². The van der Waals surface area contributed by atoms with E-state index in [-0.39, 0.29) is 29.9 Å². The Morgan fingerprint density at radius 3 is 2.81 bits per heavy atom. The molecule has 0 fully saturated rings. The number of rotatable bonds is 7. The third-order valence-electron chi connectivity index (χ3n) is 2.54. The van der Waals surface area contributed by atoms with Gasteiger partial charge in [-0.05, 0) is 25.5 Å². The van der Waals surface area contributed by atoms with Crippen LogP contribution < -0.4 is 10.6 Å². The molecule has 0 radical (unpaired) electrons. The summed E-state index contributed by atoms with van der Waals surface area (Å²) in [6, 6.07) is 5.77. The van der Waals surface area contributed by atoms with Crippen LogP contribution in [0.1, 0.15) is 25.5 Å². The monoisotopic (exact) mass is 406 g/mol. The second-order valence-electron chi connectivity index (χ2n) is 4.08. The Balaban J connectivity index is 0.00000400. The summed E-state index contributed by atoms with van der Waals surface area (Å²) in [7, 11) is 1.71. The fourth-order valence-electron chi connectivity index (χ4n) is 1.57. The van der Waals surface area contributed by atoms with E-state index in [0.717, 1.165) is 5.69 Å². The summed E-state index contributed by atoms with van der Waals surface area (Å²) >= 11 is 0. The van der Waals surface area contributed by atoms with Gasteiger partial charge in [0, 0.05) is 26.2 Å². The maximum atomic E-state index is 11.2. The van der Waals surface area contributed by atoms with Crippen molar-refractivity contribution in [3.63, 3.8) is 0 Å². The number of carbonyl (C=O) groups excluding carboxylic acids is 1. The second-order valence-corrected chi connectivity index (χ2v) is 4.08.